The molecule has 1 aliphatic heterocycles. The van der Waals surface area contributed by atoms with Gasteiger partial charge in [-0.1, -0.05) is 0 Å². The number of hydrogen-bond acceptors (Lipinski definition) is 6. The number of methoxy groups -OCH3 is 1. The van der Waals surface area contributed by atoms with Crippen molar-refractivity contribution in [3.63, 3.8) is 0 Å². The molecule has 1 aromatic rings. The summed E-state index contributed by atoms with van der Waals surface area (Å²) in [7, 11) is 1.74. The zero-order chi connectivity index (χ0) is 17.3. The van der Waals surface area contributed by atoms with Crippen molar-refractivity contribution < 1.29 is 14.2 Å². The first-order valence-electron chi connectivity index (χ1n) is 9.48. The molecule has 25 heavy (non-hydrogen) atoms. The third kappa shape index (κ3) is 6.90. The molecule has 0 radical (unpaired) electrons. The lowest BCUT2D eigenvalue weighted by Gasteiger charge is -2.26. The highest BCUT2D eigenvalue weighted by molar-refractivity contribution is 5.25. The summed E-state index contributed by atoms with van der Waals surface area (Å²) in [6.45, 7) is 6.88. The summed E-state index contributed by atoms with van der Waals surface area (Å²) in [5, 5.41) is 3.57. The molecule has 6 heteroatoms. The van der Waals surface area contributed by atoms with Gasteiger partial charge < -0.3 is 19.5 Å². The van der Waals surface area contributed by atoms with Crippen molar-refractivity contribution in [3.05, 3.63) is 23.4 Å². The molecule has 1 N–H and O–H groups in total. The van der Waals surface area contributed by atoms with Gasteiger partial charge in [-0.05, 0) is 37.3 Å². The Bertz CT molecular complexity index is 517. The van der Waals surface area contributed by atoms with E-state index in [1.54, 1.807) is 7.11 Å². The predicted molar refractivity (Wildman–Crippen MR) is 97.0 cm³/mol. The van der Waals surface area contributed by atoms with Crippen LogP contribution in [-0.4, -0.2) is 69.1 Å². The first kappa shape index (κ1) is 18.6. The van der Waals surface area contributed by atoms with E-state index in [0.29, 0.717) is 12.6 Å². The third-order valence-corrected chi connectivity index (χ3v) is 4.63. The molecule has 0 atom stereocenters. The Balaban J connectivity index is 1.52. The van der Waals surface area contributed by atoms with Gasteiger partial charge in [0.2, 0.25) is 5.88 Å². The highest BCUT2D eigenvalue weighted by Crippen LogP contribution is 2.20. The van der Waals surface area contributed by atoms with Crippen LogP contribution in [0.5, 0.6) is 5.88 Å². The number of aryl methyl sites for hydroxylation is 1. The Kier molecular flexibility index (Phi) is 7.48. The molecular formula is C19H31N3O3. The van der Waals surface area contributed by atoms with Crippen LogP contribution in [0.15, 0.2) is 12.1 Å². The van der Waals surface area contributed by atoms with Crippen LogP contribution in [0, 0.1) is 0 Å². The van der Waals surface area contributed by atoms with Gasteiger partial charge in [-0.15, -0.1) is 0 Å². The number of nitrogens with one attached hydrogen (secondary N) is 1. The number of rotatable bonds is 11. The van der Waals surface area contributed by atoms with Crippen LogP contribution in [0.2, 0.25) is 0 Å². The van der Waals surface area contributed by atoms with E-state index in [9.17, 15) is 0 Å². The molecule has 2 fully saturated rings. The van der Waals surface area contributed by atoms with E-state index < -0.39 is 0 Å². The fourth-order valence-corrected chi connectivity index (χ4v) is 2.98. The van der Waals surface area contributed by atoms with Gasteiger partial charge in [0.25, 0.3) is 0 Å². The van der Waals surface area contributed by atoms with Gasteiger partial charge in [0.1, 0.15) is 6.61 Å². The van der Waals surface area contributed by atoms with Crippen molar-refractivity contribution in [2.24, 2.45) is 0 Å². The van der Waals surface area contributed by atoms with Crippen LogP contribution in [0.1, 0.15) is 30.5 Å². The quantitative estimate of drug-likeness (QED) is 0.613. The Labute approximate surface area is 150 Å². The van der Waals surface area contributed by atoms with Crippen molar-refractivity contribution in [2.75, 3.05) is 53.2 Å². The molecule has 0 spiro atoms. The standard InChI is InChI=1S/C19H31N3O3/c1-23-9-2-3-18-13-16(15-20-17-4-5-17)14-19(21-18)25-12-8-22-6-10-24-11-7-22/h13-14,17,20H,2-12,15H2,1H3. The number of ether oxygens (including phenoxy) is 3. The number of hydrogen-bond donors (Lipinski definition) is 1. The second-order valence-electron chi connectivity index (χ2n) is 6.86. The van der Waals surface area contributed by atoms with E-state index >= 15 is 0 Å². The highest BCUT2D eigenvalue weighted by atomic mass is 16.5. The van der Waals surface area contributed by atoms with Crippen LogP contribution in [0.3, 0.4) is 0 Å². The summed E-state index contributed by atoms with van der Waals surface area (Å²) in [4.78, 5) is 7.06. The smallest absolute Gasteiger partial charge is 0.213 e. The largest absolute Gasteiger partial charge is 0.476 e. The van der Waals surface area contributed by atoms with Crippen molar-refractivity contribution in [1.29, 1.82) is 0 Å². The van der Waals surface area contributed by atoms with Crippen molar-refractivity contribution >= 4 is 0 Å². The van der Waals surface area contributed by atoms with Crippen LogP contribution in [0.25, 0.3) is 0 Å². The lowest BCUT2D eigenvalue weighted by molar-refractivity contribution is 0.0320. The molecule has 0 unspecified atom stereocenters. The Morgan fingerprint density at radius 2 is 2.08 bits per heavy atom. The number of nitrogens with zero attached hydrogens (tertiary/aromatic N) is 2. The number of morpholine rings is 1. The first-order valence-corrected chi connectivity index (χ1v) is 9.48. The molecule has 6 nitrogen and oxygen atoms in total. The maximum Gasteiger partial charge on any atom is 0.213 e. The Morgan fingerprint density at radius 1 is 1.24 bits per heavy atom. The maximum absolute atomic E-state index is 5.97. The second-order valence-corrected chi connectivity index (χ2v) is 6.86. The normalized spacial score (nSPS) is 18.4. The zero-order valence-corrected chi connectivity index (χ0v) is 15.3. The van der Waals surface area contributed by atoms with Gasteiger partial charge in [-0.2, -0.15) is 0 Å². The predicted octanol–water partition coefficient (Wildman–Crippen LogP) is 1.62. The van der Waals surface area contributed by atoms with Crippen LogP contribution in [-0.2, 0) is 22.4 Å². The average molecular weight is 349 g/mol. The molecule has 140 valence electrons. The van der Waals surface area contributed by atoms with E-state index in [4.69, 9.17) is 14.2 Å². The summed E-state index contributed by atoms with van der Waals surface area (Å²) in [6.07, 6.45) is 4.50. The fourth-order valence-electron chi connectivity index (χ4n) is 2.98. The highest BCUT2D eigenvalue weighted by Gasteiger charge is 2.20. The fraction of sp³-hybridized carbons (Fsp3) is 0.737. The van der Waals surface area contributed by atoms with E-state index in [2.05, 4.69) is 27.3 Å². The molecule has 1 saturated carbocycles. The van der Waals surface area contributed by atoms with Gasteiger partial charge in [0, 0.05) is 57.7 Å². The van der Waals surface area contributed by atoms with Crippen molar-refractivity contribution in [2.45, 2.75) is 38.3 Å². The lowest BCUT2D eigenvalue weighted by atomic mass is 10.1. The second kappa shape index (κ2) is 10.1. The van der Waals surface area contributed by atoms with E-state index in [1.807, 2.05) is 0 Å². The third-order valence-electron chi connectivity index (χ3n) is 4.63. The number of pyridine rings is 1. The van der Waals surface area contributed by atoms with Gasteiger partial charge in [-0.3, -0.25) is 4.90 Å². The Morgan fingerprint density at radius 3 is 2.84 bits per heavy atom. The minimum atomic E-state index is 0.671. The zero-order valence-electron chi connectivity index (χ0n) is 15.3. The molecule has 1 aliphatic carbocycles. The first-order chi connectivity index (χ1) is 12.3. The minimum Gasteiger partial charge on any atom is -0.476 e. The lowest BCUT2D eigenvalue weighted by Crippen LogP contribution is -2.38. The molecule has 0 aromatic carbocycles. The summed E-state index contributed by atoms with van der Waals surface area (Å²) in [5.74, 6) is 0.746. The average Bonchev–Trinajstić information content (AvgIpc) is 3.46. The molecule has 2 heterocycles. The van der Waals surface area contributed by atoms with Gasteiger partial charge >= 0.3 is 0 Å². The molecule has 1 saturated heterocycles. The summed E-state index contributed by atoms with van der Waals surface area (Å²) in [6, 6.07) is 4.98. The molecule has 0 amide bonds. The summed E-state index contributed by atoms with van der Waals surface area (Å²) in [5.41, 5.74) is 2.35. The maximum atomic E-state index is 5.97. The van der Waals surface area contributed by atoms with Gasteiger partial charge in [0.15, 0.2) is 0 Å². The molecule has 1 aromatic heterocycles. The minimum absolute atomic E-state index is 0.671. The molecule has 0 bridgehead atoms. The van der Waals surface area contributed by atoms with Crippen molar-refractivity contribution in [1.82, 2.24) is 15.2 Å². The molecular weight excluding hydrogens is 318 g/mol. The monoisotopic (exact) mass is 349 g/mol. The van der Waals surface area contributed by atoms with E-state index in [1.165, 1.54) is 18.4 Å². The topological polar surface area (TPSA) is 55.8 Å². The Hall–Kier alpha value is -1.21. The van der Waals surface area contributed by atoms with Crippen LogP contribution < -0.4 is 10.1 Å². The SMILES string of the molecule is COCCCc1cc(CNC2CC2)cc(OCCN2CCOCC2)n1. The molecule has 3 rings (SSSR count). The van der Waals surface area contributed by atoms with E-state index in [-0.39, 0.29) is 0 Å². The summed E-state index contributed by atoms with van der Waals surface area (Å²) < 4.78 is 16.5. The van der Waals surface area contributed by atoms with Crippen LogP contribution in [0.4, 0.5) is 0 Å². The van der Waals surface area contributed by atoms with Crippen molar-refractivity contribution in [3.8, 4) is 5.88 Å². The van der Waals surface area contributed by atoms with Gasteiger partial charge in [-0.25, -0.2) is 4.98 Å². The summed E-state index contributed by atoms with van der Waals surface area (Å²) >= 11 is 0. The van der Waals surface area contributed by atoms with Gasteiger partial charge in [0.05, 0.1) is 13.2 Å². The van der Waals surface area contributed by atoms with E-state index in [0.717, 1.165) is 70.4 Å². The van der Waals surface area contributed by atoms with Crippen LogP contribution >= 0.6 is 0 Å². The molecule has 2 aliphatic rings. The number of aromatic nitrogens is 1.